The van der Waals surface area contributed by atoms with Crippen molar-refractivity contribution < 1.29 is 0 Å². The summed E-state index contributed by atoms with van der Waals surface area (Å²) in [6.45, 7) is 0. The molecule has 4 heteroatoms. The standard InChI is InChI=1S/C44H27N3S/c1-3-12-30(13-4-1)45-36-19-10-9-17-33(36)35-26-28(22-24-38(35)45)29-23-25-39-41(27-29)48-44-40-21-11-20-37-32-16-7-8-18-34(32)42(47(37)40)43(44)46(39)31-14-5-2-6-15-31/h1-27H. The fraction of sp³-hybridized carbons (Fsp3) is 0. The lowest BCUT2D eigenvalue weighted by Crippen LogP contribution is -2.14. The fourth-order valence-electron chi connectivity index (χ4n) is 7.98. The predicted molar refractivity (Wildman–Crippen MR) is 202 cm³/mol. The van der Waals surface area contributed by atoms with Crippen molar-refractivity contribution in [2.75, 3.05) is 4.90 Å². The van der Waals surface area contributed by atoms with Crippen LogP contribution in [0.5, 0.6) is 0 Å². The second-order valence-corrected chi connectivity index (χ2v) is 13.6. The van der Waals surface area contributed by atoms with Crippen molar-refractivity contribution in [3.8, 4) is 16.8 Å². The molecule has 1 aliphatic rings. The third-order valence-electron chi connectivity index (χ3n) is 10.0. The highest BCUT2D eigenvalue weighted by Crippen LogP contribution is 2.58. The van der Waals surface area contributed by atoms with E-state index >= 15 is 0 Å². The average molecular weight is 630 g/mol. The van der Waals surface area contributed by atoms with Crippen molar-refractivity contribution in [1.82, 2.24) is 8.97 Å². The maximum absolute atomic E-state index is 2.48. The molecule has 48 heavy (non-hydrogen) atoms. The van der Waals surface area contributed by atoms with Gasteiger partial charge in [0.2, 0.25) is 0 Å². The fourth-order valence-corrected chi connectivity index (χ4v) is 9.20. The van der Waals surface area contributed by atoms with Crippen molar-refractivity contribution in [2.45, 2.75) is 9.79 Å². The topological polar surface area (TPSA) is 12.6 Å². The van der Waals surface area contributed by atoms with Gasteiger partial charge in [0.15, 0.2) is 0 Å². The van der Waals surface area contributed by atoms with Crippen molar-refractivity contribution >= 4 is 78.0 Å². The second-order valence-electron chi connectivity index (χ2n) is 12.6. The quantitative estimate of drug-likeness (QED) is 0.193. The van der Waals surface area contributed by atoms with Crippen LogP contribution < -0.4 is 4.90 Å². The highest BCUT2D eigenvalue weighted by molar-refractivity contribution is 8.00. The Labute approximate surface area is 281 Å². The second kappa shape index (κ2) is 9.77. The molecule has 0 atom stereocenters. The number of para-hydroxylation sites is 3. The van der Waals surface area contributed by atoms with E-state index in [9.17, 15) is 0 Å². The van der Waals surface area contributed by atoms with Crippen LogP contribution in [0.15, 0.2) is 174 Å². The summed E-state index contributed by atoms with van der Waals surface area (Å²) >= 11 is 1.90. The van der Waals surface area contributed by atoms with Gasteiger partial charge in [-0.3, -0.25) is 0 Å². The van der Waals surface area contributed by atoms with Crippen molar-refractivity contribution in [2.24, 2.45) is 0 Å². The first-order valence-electron chi connectivity index (χ1n) is 16.4. The van der Waals surface area contributed by atoms with Gasteiger partial charge in [0.25, 0.3) is 0 Å². The SMILES string of the molecule is c1ccc(N2c3ccc(-c4ccc5c(c4)c4ccccc4n5-c4ccccc4)cc3Sc3c2c2c4ccccc4c4cccc3n42)cc1. The molecule has 0 aliphatic carbocycles. The third kappa shape index (κ3) is 3.50. The van der Waals surface area contributed by atoms with E-state index in [2.05, 4.69) is 178 Å². The molecule has 3 nitrogen and oxygen atoms in total. The first kappa shape index (κ1) is 26.1. The Kier molecular flexibility index (Phi) is 5.32. The highest BCUT2D eigenvalue weighted by atomic mass is 32.2. The number of aromatic nitrogens is 2. The molecule has 0 saturated carbocycles. The number of hydrogen-bond acceptors (Lipinski definition) is 2. The monoisotopic (exact) mass is 629 g/mol. The summed E-state index contributed by atoms with van der Waals surface area (Å²) in [6, 6.07) is 59.8. The number of benzene rings is 6. The first-order chi connectivity index (χ1) is 23.8. The van der Waals surface area contributed by atoms with Crippen LogP contribution in [0.25, 0.3) is 65.9 Å². The summed E-state index contributed by atoms with van der Waals surface area (Å²) in [5, 5.41) is 5.12. The van der Waals surface area contributed by atoms with Crippen LogP contribution in [0.3, 0.4) is 0 Å². The minimum absolute atomic E-state index is 1.17. The molecule has 10 aromatic rings. The van der Waals surface area contributed by atoms with Crippen LogP contribution >= 0.6 is 11.8 Å². The van der Waals surface area contributed by atoms with Gasteiger partial charge in [0, 0.05) is 37.8 Å². The van der Waals surface area contributed by atoms with Crippen LogP contribution in [-0.4, -0.2) is 8.97 Å². The van der Waals surface area contributed by atoms with Crippen LogP contribution in [0.1, 0.15) is 0 Å². The van der Waals surface area contributed by atoms with Gasteiger partial charge in [-0.05, 0) is 77.9 Å². The van der Waals surface area contributed by atoms with E-state index in [0.29, 0.717) is 0 Å². The van der Waals surface area contributed by atoms with Crippen LogP contribution in [0, 0.1) is 0 Å². The Bertz CT molecular complexity index is 2860. The molecule has 0 fully saturated rings. The Morgan fingerprint density at radius 1 is 0.417 bits per heavy atom. The van der Waals surface area contributed by atoms with E-state index in [0.717, 1.165) is 0 Å². The molecule has 0 spiro atoms. The van der Waals surface area contributed by atoms with E-state index < -0.39 is 0 Å². The zero-order chi connectivity index (χ0) is 31.3. The van der Waals surface area contributed by atoms with Gasteiger partial charge < -0.3 is 13.9 Å². The molecular weight excluding hydrogens is 603 g/mol. The molecule has 0 amide bonds. The number of pyridine rings is 1. The Balaban J connectivity index is 1.13. The summed E-state index contributed by atoms with van der Waals surface area (Å²) in [5.74, 6) is 0. The van der Waals surface area contributed by atoms with Gasteiger partial charge in [-0.1, -0.05) is 109 Å². The number of anilines is 3. The van der Waals surface area contributed by atoms with E-state index in [1.807, 2.05) is 11.8 Å². The molecule has 0 unspecified atom stereocenters. The Hall–Kier alpha value is -5.97. The van der Waals surface area contributed by atoms with Gasteiger partial charge >= 0.3 is 0 Å². The van der Waals surface area contributed by atoms with Gasteiger partial charge in [-0.15, -0.1) is 0 Å². The number of rotatable bonds is 3. The highest BCUT2D eigenvalue weighted by Gasteiger charge is 2.33. The average Bonchev–Trinajstić information content (AvgIpc) is 3.79. The van der Waals surface area contributed by atoms with Gasteiger partial charge in [-0.25, -0.2) is 0 Å². The smallest absolute Gasteiger partial charge is 0.0871 e. The van der Waals surface area contributed by atoms with Crippen LogP contribution in [0.4, 0.5) is 17.1 Å². The van der Waals surface area contributed by atoms with E-state index in [1.165, 1.54) is 92.8 Å². The summed E-state index contributed by atoms with van der Waals surface area (Å²) in [7, 11) is 0. The minimum Gasteiger partial charge on any atom is -0.309 e. The lowest BCUT2D eigenvalue weighted by atomic mass is 10.0. The first-order valence-corrected chi connectivity index (χ1v) is 17.2. The Morgan fingerprint density at radius 2 is 1.02 bits per heavy atom. The maximum Gasteiger partial charge on any atom is 0.0871 e. The molecular formula is C44H27N3S. The number of fused-ring (bicyclic) bond motifs is 10. The zero-order valence-electron chi connectivity index (χ0n) is 25.8. The van der Waals surface area contributed by atoms with Crippen molar-refractivity contribution in [3.05, 3.63) is 164 Å². The molecule has 224 valence electrons. The number of nitrogens with zero attached hydrogens (tertiary/aromatic N) is 3. The molecule has 4 aromatic heterocycles. The molecule has 11 rings (SSSR count). The van der Waals surface area contributed by atoms with Gasteiger partial charge in [0.05, 0.1) is 43.9 Å². The molecule has 5 heterocycles. The lowest BCUT2D eigenvalue weighted by molar-refractivity contribution is 1.18. The van der Waals surface area contributed by atoms with Crippen molar-refractivity contribution in [1.29, 1.82) is 0 Å². The molecule has 1 aliphatic heterocycles. The van der Waals surface area contributed by atoms with Crippen LogP contribution in [0.2, 0.25) is 0 Å². The van der Waals surface area contributed by atoms with Gasteiger partial charge in [-0.2, -0.15) is 0 Å². The largest absolute Gasteiger partial charge is 0.309 e. The molecule has 0 bridgehead atoms. The lowest BCUT2D eigenvalue weighted by Gasteiger charge is -2.32. The maximum atomic E-state index is 2.48. The Morgan fingerprint density at radius 3 is 1.83 bits per heavy atom. The normalized spacial score (nSPS) is 12.9. The molecule has 0 saturated heterocycles. The predicted octanol–water partition coefficient (Wildman–Crippen LogP) is 12.4. The van der Waals surface area contributed by atoms with Crippen molar-refractivity contribution in [3.63, 3.8) is 0 Å². The van der Waals surface area contributed by atoms with E-state index in [4.69, 9.17) is 0 Å². The molecule has 0 N–H and O–H groups in total. The molecule has 0 radical (unpaired) electrons. The van der Waals surface area contributed by atoms with E-state index in [1.54, 1.807) is 0 Å². The number of hydrogen-bond donors (Lipinski definition) is 0. The molecule has 6 aromatic carbocycles. The summed E-state index contributed by atoms with van der Waals surface area (Å²) in [4.78, 5) is 5.04. The van der Waals surface area contributed by atoms with Crippen LogP contribution in [-0.2, 0) is 0 Å². The summed E-state index contributed by atoms with van der Waals surface area (Å²) < 4.78 is 4.85. The zero-order valence-corrected chi connectivity index (χ0v) is 26.7. The summed E-state index contributed by atoms with van der Waals surface area (Å²) in [6.07, 6.45) is 0. The summed E-state index contributed by atoms with van der Waals surface area (Å²) in [5.41, 5.74) is 13.5. The van der Waals surface area contributed by atoms with E-state index in [-0.39, 0.29) is 0 Å². The minimum atomic E-state index is 1.17. The van der Waals surface area contributed by atoms with Gasteiger partial charge in [0.1, 0.15) is 0 Å². The third-order valence-corrected chi connectivity index (χ3v) is 11.2.